The number of carboxylic acid groups (broad SMARTS) is 1. The Morgan fingerprint density at radius 2 is 1.95 bits per heavy atom. The number of hydrogen-bond donors (Lipinski definition) is 2. The monoisotopic (exact) mass is 299 g/mol. The smallest absolute Gasteiger partial charge is 0.317 e. The number of aliphatic carboxylic acids is 1. The molecule has 1 aliphatic rings. The Bertz CT molecular complexity index is 379. The Kier molecular flexibility index (Phi) is 6.01. The van der Waals surface area contributed by atoms with Gasteiger partial charge < -0.3 is 20.2 Å². The lowest BCUT2D eigenvalue weighted by molar-refractivity contribution is -0.142. The molecule has 0 aromatic carbocycles. The first-order valence-electron chi connectivity index (χ1n) is 7.56. The maximum absolute atomic E-state index is 12.2. The molecule has 122 valence electrons. The molecule has 6 nitrogen and oxygen atoms in total. The Labute approximate surface area is 127 Å². The van der Waals surface area contributed by atoms with Crippen LogP contribution in [0.1, 0.15) is 34.1 Å². The Morgan fingerprint density at radius 1 is 1.33 bits per heavy atom. The Morgan fingerprint density at radius 3 is 2.43 bits per heavy atom. The SMILES string of the molecule is CC1CN(C)CCN1C(=O)NCC(CC(C)(C)C)C(=O)O. The summed E-state index contributed by atoms with van der Waals surface area (Å²) in [6.07, 6.45) is 0.543. The molecule has 2 unspecified atom stereocenters. The van der Waals surface area contributed by atoms with Crippen molar-refractivity contribution in [1.82, 2.24) is 15.1 Å². The van der Waals surface area contributed by atoms with E-state index in [0.29, 0.717) is 13.0 Å². The number of amides is 2. The summed E-state index contributed by atoms with van der Waals surface area (Å²) in [7, 11) is 2.04. The van der Waals surface area contributed by atoms with Gasteiger partial charge in [0.2, 0.25) is 0 Å². The third kappa shape index (κ3) is 5.91. The maximum atomic E-state index is 12.2. The fraction of sp³-hybridized carbons (Fsp3) is 0.867. The number of nitrogens with zero attached hydrogens (tertiary/aromatic N) is 2. The van der Waals surface area contributed by atoms with E-state index in [1.807, 2.05) is 34.7 Å². The van der Waals surface area contributed by atoms with E-state index in [4.69, 9.17) is 0 Å². The molecule has 2 N–H and O–H groups in total. The van der Waals surface area contributed by atoms with Crippen molar-refractivity contribution in [1.29, 1.82) is 0 Å². The lowest BCUT2D eigenvalue weighted by atomic mass is 9.84. The van der Waals surface area contributed by atoms with Crippen molar-refractivity contribution in [3.8, 4) is 0 Å². The Balaban J connectivity index is 2.52. The summed E-state index contributed by atoms with van der Waals surface area (Å²) >= 11 is 0. The number of carbonyl (C=O) groups excluding carboxylic acids is 1. The predicted octanol–water partition coefficient (Wildman–Crippen LogP) is 1.47. The van der Waals surface area contributed by atoms with Crippen LogP contribution in [-0.4, -0.2) is 66.2 Å². The van der Waals surface area contributed by atoms with Crippen molar-refractivity contribution in [2.75, 3.05) is 33.2 Å². The molecule has 1 rings (SSSR count). The van der Waals surface area contributed by atoms with Gasteiger partial charge in [-0.3, -0.25) is 4.79 Å². The molecule has 1 fully saturated rings. The van der Waals surface area contributed by atoms with Gasteiger partial charge in [-0.25, -0.2) is 4.79 Å². The van der Waals surface area contributed by atoms with Gasteiger partial charge in [0, 0.05) is 32.2 Å². The second-order valence-corrected chi connectivity index (χ2v) is 7.29. The minimum Gasteiger partial charge on any atom is -0.481 e. The molecule has 0 aromatic heterocycles. The highest BCUT2D eigenvalue weighted by Gasteiger charge is 2.28. The van der Waals surface area contributed by atoms with Gasteiger partial charge >= 0.3 is 12.0 Å². The molecule has 6 heteroatoms. The van der Waals surface area contributed by atoms with Gasteiger partial charge in [0.05, 0.1) is 5.92 Å². The van der Waals surface area contributed by atoms with Crippen molar-refractivity contribution >= 4 is 12.0 Å². The van der Waals surface area contributed by atoms with E-state index in [-0.39, 0.29) is 24.0 Å². The third-order valence-electron chi connectivity index (χ3n) is 3.80. The zero-order valence-electron chi connectivity index (χ0n) is 13.8. The number of hydrogen-bond acceptors (Lipinski definition) is 3. The van der Waals surface area contributed by atoms with Crippen molar-refractivity contribution in [2.24, 2.45) is 11.3 Å². The maximum Gasteiger partial charge on any atom is 0.317 e. The van der Waals surface area contributed by atoms with Gasteiger partial charge in [-0.1, -0.05) is 20.8 Å². The van der Waals surface area contributed by atoms with Gasteiger partial charge in [-0.15, -0.1) is 0 Å². The standard InChI is InChI=1S/C15H29N3O3/c1-11-10-17(5)6-7-18(11)14(21)16-9-12(13(19)20)8-15(2,3)4/h11-12H,6-10H2,1-5H3,(H,16,21)(H,19,20). The summed E-state index contributed by atoms with van der Waals surface area (Å²) in [4.78, 5) is 27.5. The Hall–Kier alpha value is -1.30. The number of carbonyl (C=O) groups is 2. The number of rotatable bonds is 4. The van der Waals surface area contributed by atoms with Crippen molar-refractivity contribution in [3.05, 3.63) is 0 Å². The lowest BCUT2D eigenvalue weighted by Gasteiger charge is -2.38. The first-order valence-corrected chi connectivity index (χ1v) is 7.56. The number of carboxylic acids is 1. The van der Waals surface area contributed by atoms with Crippen molar-refractivity contribution in [3.63, 3.8) is 0 Å². The molecule has 0 bridgehead atoms. The fourth-order valence-corrected chi connectivity index (χ4v) is 2.74. The van der Waals surface area contributed by atoms with Gasteiger partial charge in [0.1, 0.15) is 0 Å². The lowest BCUT2D eigenvalue weighted by Crippen LogP contribution is -2.56. The topological polar surface area (TPSA) is 72.9 Å². The van der Waals surface area contributed by atoms with E-state index in [2.05, 4.69) is 10.2 Å². The van der Waals surface area contributed by atoms with Gasteiger partial charge in [-0.05, 0) is 25.8 Å². The third-order valence-corrected chi connectivity index (χ3v) is 3.80. The predicted molar refractivity (Wildman–Crippen MR) is 82.3 cm³/mol. The van der Waals surface area contributed by atoms with Crippen LogP contribution in [0.15, 0.2) is 0 Å². The summed E-state index contributed by atoms with van der Waals surface area (Å²) < 4.78 is 0. The molecule has 1 aliphatic heterocycles. The van der Waals surface area contributed by atoms with Crippen LogP contribution in [0.5, 0.6) is 0 Å². The van der Waals surface area contributed by atoms with E-state index < -0.39 is 11.9 Å². The van der Waals surface area contributed by atoms with Crippen LogP contribution in [0.3, 0.4) is 0 Å². The molecule has 0 aliphatic carbocycles. The summed E-state index contributed by atoms with van der Waals surface area (Å²) in [5, 5.41) is 12.1. The van der Waals surface area contributed by atoms with Crippen LogP contribution >= 0.6 is 0 Å². The first-order chi connectivity index (χ1) is 9.60. The molecular weight excluding hydrogens is 270 g/mol. The summed E-state index contributed by atoms with van der Waals surface area (Å²) in [6.45, 7) is 10.6. The molecule has 1 heterocycles. The van der Waals surface area contributed by atoms with E-state index in [1.54, 1.807) is 4.90 Å². The minimum absolute atomic E-state index is 0.0745. The molecular formula is C15H29N3O3. The van der Waals surface area contributed by atoms with Crippen LogP contribution in [0.2, 0.25) is 0 Å². The molecule has 0 saturated carbocycles. The normalized spacial score (nSPS) is 22.0. The molecule has 0 radical (unpaired) electrons. The highest BCUT2D eigenvalue weighted by Crippen LogP contribution is 2.24. The average molecular weight is 299 g/mol. The van der Waals surface area contributed by atoms with Gasteiger partial charge in [-0.2, -0.15) is 0 Å². The van der Waals surface area contributed by atoms with Crippen LogP contribution in [0, 0.1) is 11.3 Å². The van der Waals surface area contributed by atoms with E-state index in [9.17, 15) is 14.7 Å². The quantitative estimate of drug-likeness (QED) is 0.824. The van der Waals surface area contributed by atoms with Gasteiger partial charge in [0.25, 0.3) is 0 Å². The summed E-state index contributed by atoms with van der Waals surface area (Å²) in [6, 6.07) is -0.00889. The van der Waals surface area contributed by atoms with Crippen LogP contribution < -0.4 is 5.32 Å². The molecule has 0 spiro atoms. The van der Waals surface area contributed by atoms with Crippen LogP contribution in [0.25, 0.3) is 0 Å². The van der Waals surface area contributed by atoms with Crippen molar-refractivity contribution in [2.45, 2.75) is 40.2 Å². The number of likely N-dealkylation sites (N-methyl/N-ethyl adjacent to an activating group) is 1. The van der Waals surface area contributed by atoms with Crippen LogP contribution in [-0.2, 0) is 4.79 Å². The van der Waals surface area contributed by atoms with Gasteiger partial charge in [0.15, 0.2) is 0 Å². The zero-order chi connectivity index (χ0) is 16.2. The second-order valence-electron chi connectivity index (χ2n) is 7.29. The summed E-state index contributed by atoms with van der Waals surface area (Å²) in [5.41, 5.74) is -0.0745. The molecule has 21 heavy (non-hydrogen) atoms. The number of urea groups is 1. The average Bonchev–Trinajstić information content (AvgIpc) is 2.32. The zero-order valence-corrected chi connectivity index (χ0v) is 13.8. The molecule has 1 saturated heterocycles. The summed E-state index contributed by atoms with van der Waals surface area (Å²) in [5.74, 6) is -1.40. The molecule has 2 amide bonds. The molecule has 0 aromatic rings. The first kappa shape index (κ1) is 17.8. The van der Waals surface area contributed by atoms with Crippen LogP contribution in [0.4, 0.5) is 4.79 Å². The van der Waals surface area contributed by atoms with E-state index >= 15 is 0 Å². The van der Waals surface area contributed by atoms with E-state index in [0.717, 1.165) is 13.1 Å². The molecule has 2 atom stereocenters. The largest absolute Gasteiger partial charge is 0.481 e. The van der Waals surface area contributed by atoms with Crippen molar-refractivity contribution < 1.29 is 14.7 Å². The second kappa shape index (κ2) is 7.11. The number of piperazine rings is 1. The minimum atomic E-state index is -0.850. The number of nitrogens with one attached hydrogen (secondary N) is 1. The fourth-order valence-electron chi connectivity index (χ4n) is 2.74. The highest BCUT2D eigenvalue weighted by atomic mass is 16.4. The highest BCUT2D eigenvalue weighted by molar-refractivity contribution is 5.76. The van der Waals surface area contributed by atoms with E-state index in [1.165, 1.54) is 0 Å².